The lowest BCUT2D eigenvalue weighted by Crippen LogP contribution is -2.47. The summed E-state index contributed by atoms with van der Waals surface area (Å²) in [5.74, 6) is -1.23. The Morgan fingerprint density at radius 2 is 1.75 bits per heavy atom. The Morgan fingerprint density at radius 3 is 2.25 bits per heavy atom. The van der Waals surface area contributed by atoms with Gasteiger partial charge in [0.1, 0.15) is 0 Å². The number of aliphatic hydroxyl groups is 1. The highest BCUT2D eigenvalue weighted by molar-refractivity contribution is 7.89. The molecule has 0 aliphatic heterocycles. The van der Waals surface area contributed by atoms with E-state index in [1.807, 2.05) is 0 Å². The molecule has 0 amide bonds. The molecule has 0 atom stereocenters. The fraction of sp³-hybridized carbons (Fsp3) is 0.923. The van der Waals surface area contributed by atoms with Crippen molar-refractivity contribution < 1.29 is 23.4 Å². The van der Waals surface area contributed by atoms with Crippen molar-refractivity contribution in [3.05, 3.63) is 0 Å². The van der Waals surface area contributed by atoms with Crippen LogP contribution in [0.25, 0.3) is 0 Å². The molecule has 20 heavy (non-hydrogen) atoms. The lowest BCUT2D eigenvalue weighted by atomic mass is 9.71. The second-order valence-electron chi connectivity index (χ2n) is 6.53. The van der Waals surface area contributed by atoms with E-state index in [1.54, 1.807) is 0 Å². The number of carbonyl (C=O) groups is 1. The highest BCUT2D eigenvalue weighted by Gasteiger charge is 2.37. The van der Waals surface area contributed by atoms with Crippen molar-refractivity contribution >= 4 is 16.0 Å². The Labute approximate surface area is 120 Å². The summed E-state index contributed by atoms with van der Waals surface area (Å²) in [5, 5.41) is 18.8. The van der Waals surface area contributed by atoms with Crippen molar-refractivity contribution in [2.75, 3.05) is 12.3 Å². The van der Waals surface area contributed by atoms with Gasteiger partial charge in [-0.1, -0.05) is 13.8 Å². The molecule has 0 unspecified atom stereocenters. The number of hydrogen-bond donors (Lipinski definition) is 3. The molecule has 0 bridgehead atoms. The first-order valence-corrected chi connectivity index (χ1v) is 8.60. The Hall–Kier alpha value is -0.660. The van der Waals surface area contributed by atoms with Crippen LogP contribution in [0.15, 0.2) is 0 Å². The number of rotatable bonds is 7. The van der Waals surface area contributed by atoms with Gasteiger partial charge in [-0.25, -0.2) is 13.1 Å². The third-order valence-electron chi connectivity index (χ3n) is 3.96. The van der Waals surface area contributed by atoms with E-state index < -0.39 is 21.6 Å². The smallest absolute Gasteiger partial charge is 0.303 e. The van der Waals surface area contributed by atoms with E-state index in [0.717, 1.165) is 12.8 Å². The van der Waals surface area contributed by atoms with Crippen molar-refractivity contribution in [1.29, 1.82) is 0 Å². The van der Waals surface area contributed by atoms with Crippen LogP contribution in [0.1, 0.15) is 52.4 Å². The van der Waals surface area contributed by atoms with E-state index in [2.05, 4.69) is 18.6 Å². The molecule has 1 saturated carbocycles. The van der Waals surface area contributed by atoms with Crippen LogP contribution >= 0.6 is 0 Å². The van der Waals surface area contributed by atoms with E-state index in [4.69, 9.17) is 5.11 Å². The molecule has 3 N–H and O–H groups in total. The Bertz CT molecular complexity index is 434. The maximum Gasteiger partial charge on any atom is 0.303 e. The van der Waals surface area contributed by atoms with Gasteiger partial charge in [-0.15, -0.1) is 0 Å². The van der Waals surface area contributed by atoms with Crippen LogP contribution in [0.3, 0.4) is 0 Å². The topological polar surface area (TPSA) is 104 Å². The summed E-state index contributed by atoms with van der Waals surface area (Å²) in [5.41, 5.74) is -0.776. The molecular formula is C13H25NO5S. The van der Waals surface area contributed by atoms with Gasteiger partial charge in [-0.05, 0) is 37.5 Å². The SMILES string of the molecule is CC1(C)CCC(O)(CNS(=O)(=O)CCCC(=O)O)CC1. The first-order chi connectivity index (χ1) is 9.04. The largest absolute Gasteiger partial charge is 0.481 e. The molecule has 118 valence electrons. The van der Waals surface area contributed by atoms with E-state index in [-0.39, 0.29) is 30.6 Å². The number of aliphatic carboxylic acids is 1. The van der Waals surface area contributed by atoms with Crippen molar-refractivity contribution in [2.24, 2.45) is 5.41 Å². The molecule has 1 aliphatic rings. The molecule has 6 nitrogen and oxygen atoms in total. The van der Waals surface area contributed by atoms with Crippen molar-refractivity contribution in [3.8, 4) is 0 Å². The summed E-state index contributed by atoms with van der Waals surface area (Å²) in [6, 6.07) is 0. The van der Waals surface area contributed by atoms with Gasteiger partial charge in [0, 0.05) is 13.0 Å². The summed E-state index contributed by atoms with van der Waals surface area (Å²) in [6.07, 6.45) is 2.80. The van der Waals surface area contributed by atoms with Crippen molar-refractivity contribution in [3.63, 3.8) is 0 Å². The van der Waals surface area contributed by atoms with Crippen LogP contribution in [0.5, 0.6) is 0 Å². The molecule has 0 aromatic carbocycles. The van der Waals surface area contributed by atoms with Gasteiger partial charge in [0.15, 0.2) is 0 Å². The van der Waals surface area contributed by atoms with Crippen LogP contribution in [0.2, 0.25) is 0 Å². The van der Waals surface area contributed by atoms with Crippen LogP contribution in [-0.4, -0.2) is 42.5 Å². The van der Waals surface area contributed by atoms with Crippen molar-refractivity contribution in [2.45, 2.75) is 58.0 Å². The predicted molar refractivity (Wildman–Crippen MR) is 75.9 cm³/mol. The number of carboxylic acid groups (broad SMARTS) is 1. The number of carboxylic acids is 1. The average molecular weight is 307 g/mol. The quantitative estimate of drug-likeness (QED) is 0.653. The Balaban J connectivity index is 2.40. The van der Waals surface area contributed by atoms with Gasteiger partial charge in [0.2, 0.25) is 10.0 Å². The third kappa shape index (κ3) is 6.19. The standard InChI is InChI=1S/C13H25NO5S/c1-12(2)5-7-13(17,8-6-12)10-14-20(18,19)9-3-4-11(15)16/h14,17H,3-10H2,1-2H3,(H,15,16). The minimum atomic E-state index is -3.52. The van der Waals surface area contributed by atoms with Crippen LogP contribution in [0, 0.1) is 5.41 Å². The molecule has 0 radical (unpaired) electrons. The highest BCUT2D eigenvalue weighted by atomic mass is 32.2. The zero-order valence-corrected chi connectivity index (χ0v) is 13.0. The monoisotopic (exact) mass is 307 g/mol. The van der Waals surface area contributed by atoms with Gasteiger partial charge in [0.25, 0.3) is 0 Å². The fourth-order valence-electron chi connectivity index (χ4n) is 2.30. The minimum absolute atomic E-state index is 0.0124. The van der Waals surface area contributed by atoms with Gasteiger partial charge in [-0.2, -0.15) is 0 Å². The van der Waals surface area contributed by atoms with Crippen LogP contribution in [-0.2, 0) is 14.8 Å². The summed E-state index contributed by atoms with van der Waals surface area (Å²) in [4.78, 5) is 10.3. The summed E-state index contributed by atoms with van der Waals surface area (Å²) >= 11 is 0. The molecule has 0 aromatic heterocycles. The van der Waals surface area contributed by atoms with Crippen molar-refractivity contribution in [1.82, 2.24) is 4.72 Å². The number of nitrogens with one attached hydrogen (secondary N) is 1. The zero-order chi connectivity index (χ0) is 15.4. The Morgan fingerprint density at radius 1 is 1.20 bits per heavy atom. The molecule has 0 aromatic rings. The van der Waals surface area contributed by atoms with Gasteiger partial charge in [0.05, 0.1) is 11.4 Å². The summed E-state index contributed by atoms with van der Waals surface area (Å²) in [6.45, 7) is 4.30. The molecule has 0 saturated heterocycles. The average Bonchev–Trinajstić information content (AvgIpc) is 2.31. The lowest BCUT2D eigenvalue weighted by molar-refractivity contribution is -0.137. The molecule has 1 rings (SSSR count). The maximum absolute atomic E-state index is 11.7. The maximum atomic E-state index is 11.7. The highest BCUT2D eigenvalue weighted by Crippen LogP contribution is 2.39. The van der Waals surface area contributed by atoms with E-state index in [1.165, 1.54) is 0 Å². The molecule has 1 aliphatic carbocycles. The Kier molecular flexibility index (Phi) is 5.57. The summed E-state index contributed by atoms with van der Waals surface area (Å²) < 4.78 is 25.8. The van der Waals surface area contributed by atoms with E-state index >= 15 is 0 Å². The number of hydrogen-bond acceptors (Lipinski definition) is 4. The number of sulfonamides is 1. The van der Waals surface area contributed by atoms with Gasteiger partial charge in [-0.3, -0.25) is 4.79 Å². The van der Waals surface area contributed by atoms with Gasteiger partial charge < -0.3 is 10.2 Å². The molecule has 1 fully saturated rings. The zero-order valence-electron chi connectivity index (χ0n) is 12.2. The molecule has 0 spiro atoms. The first kappa shape index (κ1) is 17.4. The normalized spacial score (nSPS) is 21.6. The van der Waals surface area contributed by atoms with Crippen LogP contribution < -0.4 is 4.72 Å². The fourth-order valence-corrected chi connectivity index (χ4v) is 3.46. The molecular weight excluding hydrogens is 282 g/mol. The predicted octanol–water partition coefficient (Wildman–Crippen LogP) is 1.10. The first-order valence-electron chi connectivity index (χ1n) is 6.95. The minimum Gasteiger partial charge on any atom is -0.481 e. The molecule has 0 heterocycles. The summed E-state index contributed by atoms with van der Waals surface area (Å²) in [7, 11) is -3.52. The van der Waals surface area contributed by atoms with E-state index in [9.17, 15) is 18.3 Å². The second-order valence-corrected chi connectivity index (χ2v) is 8.45. The molecule has 7 heteroatoms. The van der Waals surface area contributed by atoms with E-state index in [0.29, 0.717) is 12.8 Å². The third-order valence-corrected chi connectivity index (χ3v) is 5.37. The van der Waals surface area contributed by atoms with Crippen LogP contribution in [0.4, 0.5) is 0 Å². The lowest BCUT2D eigenvalue weighted by Gasteiger charge is -2.40. The second kappa shape index (κ2) is 6.41. The van der Waals surface area contributed by atoms with Gasteiger partial charge >= 0.3 is 5.97 Å².